The van der Waals surface area contributed by atoms with Crippen molar-refractivity contribution < 1.29 is 9.18 Å². The number of pyridine rings is 1. The molecule has 1 aromatic heterocycles. The number of hydrogen-bond donors (Lipinski definition) is 0. The van der Waals surface area contributed by atoms with Crippen molar-refractivity contribution in [1.29, 1.82) is 0 Å². The SMILES string of the molecule is O=C(Cc1cccnc1)c1cc(Br)ccc1F. The van der Waals surface area contributed by atoms with Crippen molar-refractivity contribution in [3.05, 3.63) is 64.1 Å². The smallest absolute Gasteiger partial charge is 0.170 e. The molecule has 0 amide bonds. The van der Waals surface area contributed by atoms with E-state index < -0.39 is 5.82 Å². The van der Waals surface area contributed by atoms with E-state index in [-0.39, 0.29) is 17.8 Å². The standard InChI is InChI=1S/C13H9BrFNO/c14-10-3-4-12(15)11(7-10)13(17)6-9-2-1-5-16-8-9/h1-5,7-8H,6H2. The number of Topliss-reactive ketones (excluding diaryl/α,β-unsaturated/α-hetero) is 1. The van der Waals surface area contributed by atoms with E-state index in [9.17, 15) is 9.18 Å². The summed E-state index contributed by atoms with van der Waals surface area (Å²) in [7, 11) is 0. The van der Waals surface area contributed by atoms with Crippen LogP contribution in [0.2, 0.25) is 0 Å². The molecule has 17 heavy (non-hydrogen) atoms. The number of aromatic nitrogens is 1. The lowest BCUT2D eigenvalue weighted by Crippen LogP contribution is -2.06. The van der Waals surface area contributed by atoms with E-state index >= 15 is 0 Å². The molecule has 2 nitrogen and oxygen atoms in total. The summed E-state index contributed by atoms with van der Waals surface area (Å²) in [5.74, 6) is -0.751. The molecule has 0 atom stereocenters. The average molecular weight is 294 g/mol. The van der Waals surface area contributed by atoms with Gasteiger partial charge in [-0.15, -0.1) is 0 Å². The minimum Gasteiger partial charge on any atom is -0.294 e. The molecule has 0 saturated heterocycles. The van der Waals surface area contributed by atoms with Crippen LogP contribution < -0.4 is 0 Å². The van der Waals surface area contributed by atoms with E-state index in [0.29, 0.717) is 4.47 Å². The number of ketones is 1. The number of hydrogen-bond acceptors (Lipinski definition) is 2. The first-order valence-electron chi connectivity index (χ1n) is 5.04. The van der Waals surface area contributed by atoms with E-state index in [4.69, 9.17) is 0 Å². The van der Waals surface area contributed by atoms with Crippen LogP contribution in [0.1, 0.15) is 15.9 Å². The van der Waals surface area contributed by atoms with Gasteiger partial charge in [0, 0.05) is 23.3 Å². The van der Waals surface area contributed by atoms with Crippen LogP contribution in [0.4, 0.5) is 4.39 Å². The second-order valence-electron chi connectivity index (χ2n) is 3.59. The molecule has 2 aromatic rings. The normalized spacial score (nSPS) is 10.2. The first kappa shape index (κ1) is 11.9. The van der Waals surface area contributed by atoms with Crippen molar-refractivity contribution in [2.24, 2.45) is 0 Å². The Morgan fingerprint density at radius 1 is 1.35 bits per heavy atom. The van der Waals surface area contributed by atoms with Gasteiger partial charge in [-0.1, -0.05) is 22.0 Å². The van der Waals surface area contributed by atoms with Gasteiger partial charge in [-0.25, -0.2) is 4.39 Å². The monoisotopic (exact) mass is 293 g/mol. The molecule has 1 heterocycles. The summed E-state index contributed by atoms with van der Waals surface area (Å²) in [5.41, 5.74) is 0.875. The Balaban J connectivity index is 2.23. The summed E-state index contributed by atoms with van der Waals surface area (Å²) in [6, 6.07) is 7.88. The molecule has 0 unspecified atom stereocenters. The van der Waals surface area contributed by atoms with Gasteiger partial charge in [0.1, 0.15) is 5.82 Å². The quantitative estimate of drug-likeness (QED) is 0.812. The summed E-state index contributed by atoms with van der Waals surface area (Å²) >= 11 is 3.22. The van der Waals surface area contributed by atoms with Crippen LogP contribution in [-0.4, -0.2) is 10.8 Å². The van der Waals surface area contributed by atoms with Gasteiger partial charge in [0.15, 0.2) is 5.78 Å². The third-order valence-corrected chi connectivity index (χ3v) is 2.81. The summed E-state index contributed by atoms with van der Waals surface area (Å²) in [6.07, 6.45) is 3.39. The van der Waals surface area contributed by atoms with Crippen LogP contribution in [0.25, 0.3) is 0 Å². The molecule has 0 aliphatic rings. The minimum atomic E-state index is -0.498. The largest absolute Gasteiger partial charge is 0.294 e. The molecule has 1 aromatic carbocycles. The predicted octanol–water partition coefficient (Wildman–Crippen LogP) is 3.41. The van der Waals surface area contributed by atoms with Crippen LogP contribution in [0.3, 0.4) is 0 Å². The Morgan fingerprint density at radius 3 is 2.88 bits per heavy atom. The van der Waals surface area contributed by atoms with Crippen molar-refractivity contribution >= 4 is 21.7 Å². The highest BCUT2D eigenvalue weighted by molar-refractivity contribution is 9.10. The molecular weight excluding hydrogens is 285 g/mol. The zero-order chi connectivity index (χ0) is 12.3. The number of halogens is 2. The van der Waals surface area contributed by atoms with E-state index in [1.165, 1.54) is 12.1 Å². The lowest BCUT2D eigenvalue weighted by atomic mass is 10.0. The zero-order valence-corrected chi connectivity index (χ0v) is 10.4. The molecule has 0 aliphatic heterocycles. The molecule has 0 bridgehead atoms. The van der Waals surface area contributed by atoms with Crippen LogP contribution >= 0.6 is 15.9 Å². The highest BCUT2D eigenvalue weighted by atomic mass is 79.9. The molecule has 0 fully saturated rings. The van der Waals surface area contributed by atoms with Gasteiger partial charge < -0.3 is 0 Å². The average Bonchev–Trinajstić information content (AvgIpc) is 2.33. The Labute approximate surface area is 107 Å². The highest BCUT2D eigenvalue weighted by Crippen LogP contribution is 2.17. The van der Waals surface area contributed by atoms with Crippen molar-refractivity contribution in [2.75, 3.05) is 0 Å². The molecule has 0 N–H and O–H groups in total. The summed E-state index contributed by atoms with van der Waals surface area (Å²) in [5, 5.41) is 0. The number of nitrogens with zero attached hydrogens (tertiary/aromatic N) is 1. The van der Waals surface area contributed by atoms with Crippen molar-refractivity contribution in [1.82, 2.24) is 4.98 Å². The van der Waals surface area contributed by atoms with Crippen LogP contribution in [0.5, 0.6) is 0 Å². The van der Waals surface area contributed by atoms with Gasteiger partial charge in [-0.3, -0.25) is 9.78 Å². The lowest BCUT2D eigenvalue weighted by Gasteiger charge is -2.03. The zero-order valence-electron chi connectivity index (χ0n) is 8.86. The second-order valence-corrected chi connectivity index (χ2v) is 4.50. The van der Waals surface area contributed by atoms with E-state index in [1.807, 2.05) is 0 Å². The molecule has 0 spiro atoms. The predicted molar refractivity (Wildman–Crippen MR) is 66.4 cm³/mol. The third kappa shape index (κ3) is 2.97. The van der Waals surface area contributed by atoms with Crippen molar-refractivity contribution in [2.45, 2.75) is 6.42 Å². The fourth-order valence-electron chi connectivity index (χ4n) is 1.49. The van der Waals surface area contributed by atoms with Crippen molar-refractivity contribution in [3.8, 4) is 0 Å². The van der Waals surface area contributed by atoms with Crippen LogP contribution in [-0.2, 0) is 6.42 Å². The Hall–Kier alpha value is -1.55. The minimum absolute atomic E-state index is 0.100. The molecule has 2 rings (SSSR count). The number of carbonyl (C=O) groups excluding carboxylic acids is 1. The number of rotatable bonds is 3. The van der Waals surface area contributed by atoms with Crippen molar-refractivity contribution in [3.63, 3.8) is 0 Å². The fraction of sp³-hybridized carbons (Fsp3) is 0.0769. The lowest BCUT2D eigenvalue weighted by molar-refractivity contribution is 0.0989. The highest BCUT2D eigenvalue weighted by Gasteiger charge is 2.12. The van der Waals surface area contributed by atoms with E-state index in [1.54, 1.807) is 30.6 Å². The van der Waals surface area contributed by atoms with Gasteiger partial charge in [0.2, 0.25) is 0 Å². The topological polar surface area (TPSA) is 30.0 Å². The van der Waals surface area contributed by atoms with Gasteiger partial charge in [0.25, 0.3) is 0 Å². The van der Waals surface area contributed by atoms with Gasteiger partial charge in [-0.2, -0.15) is 0 Å². The van der Waals surface area contributed by atoms with Gasteiger partial charge >= 0.3 is 0 Å². The maximum Gasteiger partial charge on any atom is 0.170 e. The fourth-order valence-corrected chi connectivity index (χ4v) is 1.86. The molecule has 0 saturated carbocycles. The summed E-state index contributed by atoms with van der Waals surface area (Å²) in [4.78, 5) is 15.8. The molecule has 86 valence electrons. The molecule has 4 heteroatoms. The number of benzene rings is 1. The second kappa shape index (κ2) is 5.19. The van der Waals surface area contributed by atoms with Gasteiger partial charge in [0.05, 0.1) is 5.56 Å². The molecule has 0 aliphatic carbocycles. The van der Waals surface area contributed by atoms with Crippen LogP contribution in [0.15, 0.2) is 47.2 Å². The van der Waals surface area contributed by atoms with Gasteiger partial charge in [-0.05, 0) is 29.8 Å². The number of carbonyl (C=O) groups is 1. The Bertz CT molecular complexity index is 542. The summed E-state index contributed by atoms with van der Waals surface area (Å²) in [6.45, 7) is 0. The van der Waals surface area contributed by atoms with E-state index in [0.717, 1.165) is 5.56 Å². The maximum atomic E-state index is 13.5. The molecule has 0 radical (unpaired) electrons. The van der Waals surface area contributed by atoms with Crippen LogP contribution in [0, 0.1) is 5.82 Å². The Morgan fingerprint density at radius 2 is 2.18 bits per heavy atom. The third-order valence-electron chi connectivity index (χ3n) is 2.32. The summed E-state index contributed by atoms with van der Waals surface area (Å²) < 4.78 is 14.2. The van der Waals surface area contributed by atoms with E-state index in [2.05, 4.69) is 20.9 Å². The molecular formula is C13H9BrFNO. The maximum absolute atomic E-state index is 13.5. The Kier molecular flexibility index (Phi) is 3.64. The first-order chi connectivity index (χ1) is 8.16. The first-order valence-corrected chi connectivity index (χ1v) is 5.83.